The van der Waals surface area contributed by atoms with Gasteiger partial charge in [0.25, 0.3) is 5.56 Å². The number of fused-ring (bicyclic) bond motifs is 3. The van der Waals surface area contributed by atoms with Crippen molar-refractivity contribution in [3.05, 3.63) is 69.1 Å². The van der Waals surface area contributed by atoms with Crippen LogP contribution in [0.25, 0.3) is 15.9 Å². The molecule has 3 aromatic heterocycles. The molecule has 5 rings (SSSR count). The van der Waals surface area contributed by atoms with E-state index in [2.05, 4.69) is 25.4 Å². The second-order valence-corrected chi connectivity index (χ2v) is 10.3. The molecule has 1 aliphatic rings. The Balaban J connectivity index is 1.10. The molecule has 0 spiro atoms. The number of rotatable bonds is 8. The first kappa shape index (κ1) is 21.8. The van der Waals surface area contributed by atoms with Crippen LogP contribution in [-0.4, -0.2) is 36.4 Å². The number of thiophene rings is 1. The summed E-state index contributed by atoms with van der Waals surface area (Å²) in [7, 11) is 0. The maximum absolute atomic E-state index is 12.5. The number of amides is 1. The first-order valence-corrected chi connectivity index (χ1v) is 12.9. The quantitative estimate of drug-likeness (QED) is 0.374. The molecule has 1 unspecified atom stereocenters. The highest BCUT2D eigenvalue weighted by molar-refractivity contribution is 7.98. The second kappa shape index (κ2) is 9.48. The zero-order valence-electron chi connectivity index (χ0n) is 18.2. The van der Waals surface area contributed by atoms with E-state index in [9.17, 15) is 9.59 Å². The summed E-state index contributed by atoms with van der Waals surface area (Å²) in [4.78, 5) is 38.6. The van der Waals surface area contributed by atoms with Crippen molar-refractivity contribution in [2.24, 2.45) is 0 Å². The lowest BCUT2D eigenvalue weighted by Crippen LogP contribution is -2.26. The van der Waals surface area contributed by atoms with Gasteiger partial charge in [-0.1, -0.05) is 12.1 Å². The number of nitrogens with one attached hydrogen (secondary N) is 2. The predicted molar refractivity (Wildman–Crippen MR) is 131 cm³/mol. The van der Waals surface area contributed by atoms with Crippen molar-refractivity contribution in [1.82, 2.24) is 30.0 Å². The van der Waals surface area contributed by atoms with Crippen molar-refractivity contribution in [1.29, 1.82) is 0 Å². The van der Waals surface area contributed by atoms with Crippen LogP contribution < -0.4 is 10.9 Å². The van der Waals surface area contributed by atoms with Crippen LogP contribution in [-0.2, 0) is 23.4 Å². The molecule has 170 valence electrons. The Hall–Kier alpha value is -2.98. The molecular weight excluding hydrogens is 456 g/mol. The van der Waals surface area contributed by atoms with E-state index in [4.69, 9.17) is 0 Å². The Morgan fingerprint density at radius 3 is 2.94 bits per heavy atom. The van der Waals surface area contributed by atoms with Gasteiger partial charge in [-0.2, -0.15) is 16.9 Å². The minimum atomic E-state index is -0.0893. The van der Waals surface area contributed by atoms with Crippen LogP contribution in [0.3, 0.4) is 0 Å². The lowest BCUT2D eigenvalue weighted by atomic mass is 10.1. The van der Waals surface area contributed by atoms with Gasteiger partial charge < -0.3 is 10.3 Å². The molecule has 1 atom stereocenters. The molecular formula is C23H24N6O2S2. The van der Waals surface area contributed by atoms with Crippen LogP contribution in [0.15, 0.2) is 41.7 Å². The average Bonchev–Trinajstić information content (AvgIpc) is 3.54. The van der Waals surface area contributed by atoms with Crippen LogP contribution >= 0.6 is 23.1 Å². The molecule has 0 saturated heterocycles. The number of H-pyrrole nitrogens is 1. The molecule has 1 aliphatic carbocycles. The van der Waals surface area contributed by atoms with Gasteiger partial charge in [0.05, 0.1) is 22.9 Å². The fourth-order valence-corrected chi connectivity index (χ4v) is 6.19. The molecule has 4 aromatic rings. The van der Waals surface area contributed by atoms with E-state index in [1.54, 1.807) is 34.1 Å². The summed E-state index contributed by atoms with van der Waals surface area (Å²) in [5, 5.41) is 7.94. The summed E-state index contributed by atoms with van der Waals surface area (Å²) in [5.74, 6) is 1.92. The predicted octanol–water partition coefficient (Wildman–Crippen LogP) is 3.55. The minimum Gasteiger partial charge on any atom is -0.350 e. The van der Waals surface area contributed by atoms with Gasteiger partial charge in [-0.25, -0.2) is 14.6 Å². The molecule has 0 radical (unpaired) electrons. The van der Waals surface area contributed by atoms with Crippen LogP contribution in [0.4, 0.5) is 0 Å². The Bertz CT molecular complexity index is 1330. The van der Waals surface area contributed by atoms with Gasteiger partial charge in [0.15, 0.2) is 0 Å². The number of nitrogens with zero attached hydrogens (tertiary/aromatic N) is 4. The zero-order valence-corrected chi connectivity index (χ0v) is 19.8. The van der Waals surface area contributed by atoms with Crippen LogP contribution in [0, 0.1) is 0 Å². The molecule has 10 heteroatoms. The number of aromatic amines is 1. The van der Waals surface area contributed by atoms with E-state index in [1.165, 1.54) is 16.8 Å². The largest absolute Gasteiger partial charge is 0.350 e. The summed E-state index contributed by atoms with van der Waals surface area (Å²) >= 11 is 3.25. The zero-order chi connectivity index (χ0) is 22.8. The molecule has 0 aliphatic heterocycles. The van der Waals surface area contributed by atoms with Crippen molar-refractivity contribution >= 4 is 39.2 Å². The Morgan fingerprint density at radius 2 is 2.15 bits per heavy atom. The first-order chi connectivity index (χ1) is 16.1. The molecule has 1 aromatic carbocycles. The summed E-state index contributed by atoms with van der Waals surface area (Å²) in [6.45, 7) is 1.97. The fourth-order valence-electron chi connectivity index (χ4n) is 4.10. The Kier molecular flexibility index (Phi) is 6.28. The van der Waals surface area contributed by atoms with E-state index in [1.807, 2.05) is 31.2 Å². The molecule has 2 N–H and O–H groups in total. The Morgan fingerprint density at radius 1 is 1.30 bits per heavy atom. The maximum atomic E-state index is 12.5. The third kappa shape index (κ3) is 4.72. The van der Waals surface area contributed by atoms with Crippen molar-refractivity contribution in [2.75, 3.05) is 5.75 Å². The highest BCUT2D eigenvalue weighted by Crippen LogP contribution is 2.34. The van der Waals surface area contributed by atoms with Crippen molar-refractivity contribution in [3.63, 3.8) is 0 Å². The SMILES string of the molecule is CC(NC(=O)CCSCc1nc2sc3c(c2c(=O)[nH]1)CCC3)c1ccc(-n2cncn2)cc1. The number of carbonyl (C=O) groups is 1. The summed E-state index contributed by atoms with van der Waals surface area (Å²) in [6.07, 6.45) is 6.71. The molecule has 0 saturated carbocycles. The monoisotopic (exact) mass is 480 g/mol. The van der Waals surface area contributed by atoms with Gasteiger partial charge in [0, 0.05) is 17.1 Å². The number of hydrogen-bond donors (Lipinski definition) is 2. The minimum absolute atomic E-state index is 0.00180. The van der Waals surface area contributed by atoms with Gasteiger partial charge in [-0.15, -0.1) is 11.3 Å². The third-order valence-corrected chi connectivity index (χ3v) is 7.95. The standard InChI is InChI=1S/C23H24N6O2S2/c1-14(15-5-7-16(8-6-15)29-13-24-12-25-29)26-20(30)9-10-32-11-19-27-22(31)21-17-3-2-4-18(17)33-23(21)28-19/h5-8,12-14H,2-4,9-11H2,1H3,(H,26,30)(H,27,28,31). The van der Waals surface area contributed by atoms with Gasteiger partial charge in [-0.3, -0.25) is 9.59 Å². The topological polar surface area (TPSA) is 106 Å². The van der Waals surface area contributed by atoms with E-state index < -0.39 is 0 Å². The van der Waals surface area contributed by atoms with Gasteiger partial charge in [0.2, 0.25) is 5.91 Å². The van der Waals surface area contributed by atoms with Crippen LogP contribution in [0.5, 0.6) is 0 Å². The number of thioether (sulfide) groups is 1. The van der Waals surface area contributed by atoms with Crippen LogP contribution in [0.1, 0.15) is 47.6 Å². The summed E-state index contributed by atoms with van der Waals surface area (Å²) in [5.41, 5.74) is 3.11. The fraction of sp³-hybridized carbons (Fsp3) is 0.348. The number of hydrogen-bond acceptors (Lipinski definition) is 7. The Labute approximate surface area is 198 Å². The highest BCUT2D eigenvalue weighted by atomic mass is 32.2. The first-order valence-electron chi connectivity index (χ1n) is 10.9. The number of benzene rings is 1. The van der Waals surface area contributed by atoms with Crippen LogP contribution in [0.2, 0.25) is 0 Å². The normalized spacial score (nSPS) is 13.8. The van der Waals surface area contributed by atoms with Gasteiger partial charge in [0.1, 0.15) is 23.3 Å². The van der Waals surface area contributed by atoms with E-state index >= 15 is 0 Å². The summed E-state index contributed by atoms with van der Waals surface area (Å²) in [6, 6.07) is 7.78. The molecule has 8 nitrogen and oxygen atoms in total. The molecule has 0 bridgehead atoms. The second-order valence-electron chi connectivity index (χ2n) is 8.07. The molecule has 1 amide bonds. The van der Waals surface area contributed by atoms with Crippen molar-refractivity contribution in [3.8, 4) is 5.69 Å². The highest BCUT2D eigenvalue weighted by Gasteiger charge is 2.21. The number of aromatic nitrogens is 5. The molecule has 0 fully saturated rings. The van der Waals surface area contributed by atoms with Gasteiger partial charge >= 0.3 is 0 Å². The average molecular weight is 481 g/mol. The summed E-state index contributed by atoms with van der Waals surface area (Å²) < 4.78 is 1.69. The molecule has 33 heavy (non-hydrogen) atoms. The lowest BCUT2D eigenvalue weighted by molar-refractivity contribution is -0.121. The third-order valence-electron chi connectivity index (χ3n) is 5.79. The smallest absolute Gasteiger partial charge is 0.259 e. The molecule has 3 heterocycles. The number of aryl methyl sites for hydroxylation is 2. The lowest BCUT2D eigenvalue weighted by Gasteiger charge is -2.15. The maximum Gasteiger partial charge on any atom is 0.259 e. The van der Waals surface area contributed by atoms with Crippen molar-refractivity contribution in [2.45, 2.75) is 44.4 Å². The van der Waals surface area contributed by atoms with E-state index in [0.717, 1.165) is 40.7 Å². The van der Waals surface area contributed by atoms with E-state index in [-0.39, 0.29) is 17.5 Å². The van der Waals surface area contributed by atoms with Crippen molar-refractivity contribution < 1.29 is 4.79 Å². The number of carbonyl (C=O) groups excluding carboxylic acids is 1. The van der Waals surface area contributed by atoms with E-state index in [0.29, 0.717) is 23.8 Å². The van der Waals surface area contributed by atoms with Gasteiger partial charge in [-0.05, 0) is 49.4 Å².